The Kier molecular flexibility index (Phi) is 6.30. The first-order chi connectivity index (χ1) is 15.1. The first-order valence-electron chi connectivity index (χ1n) is 10.8. The Hall–Kier alpha value is -3.22. The maximum Gasteiger partial charge on any atom is 0.326 e. The van der Waals surface area contributed by atoms with E-state index >= 15 is 0 Å². The molecule has 2 aromatic carbocycles. The van der Waals surface area contributed by atoms with Crippen molar-refractivity contribution in [3.05, 3.63) is 58.0 Å². The van der Waals surface area contributed by atoms with Crippen molar-refractivity contribution >= 4 is 16.9 Å². The molecule has 7 nitrogen and oxygen atoms in total. The van der Waals surface area contributed by atoms with Gasteiger partial charge in [-0.3, -0.25) is 9.36 Å². The van der Waals surface area contributed by atoms with Crippen LogP contribution in [-0.2, 0) is 6.42 Å². The van der Waals surface area contributed by atoms with Crippen LogP contribution in [0.25, 0.3) is 11.0 Å². The molecule has 164 valence electrons. The number of H-pyrrole nitrogens is 1. The highest BCUT2D eigenvalue weighted by atomic mass is 16.5. The topological polar surface area (TPSA) is 85.4 Å². The normalized spacial score (nSPS) is 14.5. The lowest BCUT2D eigenvalue weighted by molar-refractivity contribution is 0.0954. The van der Waals surface area contributed by atoms with Crippen molar-refractivity contribution in [1.82, 2.24) is 14.9 Å². The van der Waals surface area contributed by atoms with Crippen molar-refractivity contribution in [2.24, 2.45) is 0 Å². The minimum Gasteiger partial charge on any atom is -0.493 e. The number of amides is 1. The van der Waals surface area contributed by atoms with Crippen LogP contribution in [0, 0.1) is 0 Å². The quantitative estimate of drug-likeness (QED) is 0.605. The number of ether oxygens (including phenoxy) is 2. The van der Waals surface area contributed by atoms with Gasteiger partial charge in [0.25, 0.3) is 5.91 Å². The van der Waals surface area contributed by atoms with Gasteiger partial charge in [-0.25, -0.2) is 4.79 Å². The minimum absolute atomic E-state index is 0.0899. The number of imidazole rings is 1. The molecule has 0 atom stereocenters. The molecule has 0 saturated heterocycles. The van der Waals surface area contributed by atoms with Gasteiger partial charge in [-0.2, -0.15) is 0 Å². The summed E-state index contributed by atoms with van der Waals surface area (Å²) < 4.78 is 12.4. The predicted octanol–water partition coefficient (Wildman–Crippen LogP) is 3.82. The maximum atomic E-state index is 12.6. The molecule has 0 radical (unpaired) electrons. The van der Waals surface area contributed by atoms with Crippen LogP contribution in [0.15, 0.2) is 41.2 Å². The summed E-state index contributed by atoms with van der Waals surface area (Å²) in [5.41, 5.74) is 3.08. The molecule has 0 aliphatic heterocycles. The van der Waals surface area contributed by atoms with Gasteiger partial charge >= 0.3 is 5.69 Å². The zero-order valence-corrected chi connectivity index (χ0v) is 18.1. The van der Waals surface area contributed by atoms with Gasteiger partial charge in [0.05, 0.1) is 25.3 Å². The van der Waals surface area contributed by atoms with Crippen LogP contribution in [0.3, 0.4) is 0 Å². The van der Waals surface area contributed by atoms with Crippen LogP contribution in [-0.4, -0.2) is 36.2 Å². The zero-order chi connectivity index (χ0) is 21.8. The molecule has 1 saturated carbocycles. The number of hydrogen-bond acceptors (Lipinski definition) is 4. The van der Waals surface area contributed by atoms with Crippen LogP contribution in [0.4, 0.5) is 0 Å². The molecule has 1 aliphatic rings. The highest BCUT2D eigenvalue weighted by molar-refractivity contribution is 5.97. The number of nitrogens with zero attached hydrogens (tertiary/aromatic N) is 1. The van der Waals surface area contributed by atoms with Crippen molar-refractivity contribution in [3.8, 4) is 11.5 Å². The average Bonchev–Trinajstić information content (AvgIpc) is 3.14. The largest absolute Gasteiger partial charge is 0.493 e. The van der Waals surface area contributed by atoms with Crippen LogP contribution in [0.1, 0.15) is 54.1 Å². The van der Waals surface area contributed by atoms with E-state index in [1.54, 1.807) is 26.4 Å². The summed E-state index contributed by atoms with van der Waals surface area (Å²) in [7, 11) is 3.20. The molecule has 3 aromatic rings. The summed E-state index contributed by atoms with van der Waals surface area (Å²) in [6.45, 7) is 0.492. The molecular weight excluding hydrogens is 394 g/mol. The fourth-order valence-electron chi connectivity index (χ4n) is 4.43. The van der Waals surface area contributed by atoms with E-state index in [0.29, 0.717) is 35.5 Å². The lowest BCUT2D eigenvalue weighted by Crippen LogP contribution is -2.25. The van der Waals surface area contributed by atoms with Crippen LogP contribution >= 0.6 is 0 Å². The van der Waals surface area contributed by atoms with Crippen molar-refractivity contribution in [1.29, 1.82) is 0 Å². The third kappa shape index (κ3) is 4.45. The van der Waals surface area contributed by atoms with Crippen molar-refractivity contribution < 1.29 is 14.3 Å². The standard InChI is InChI=1S/C24H29N3O4/c1-30-21-11-8-16(14-22(21)31-2)12-13-25-23(28)17-9-10-20-19(15-17)26-24(29)27(20)18-6-4-3-5-7-18/h8-11,14-15,18H,3-7,12-13H2,1-2H3,(H,25,28)(H,26,29). The lowest BCUT2D eigenvalue weighted by atomic mass is 9.95. The first-order valence-corrected chi connectivity index (χ1v) is 10.8. The number of hydrogen-bond donors (Lipinski definition) is 2. The smallest absolute Gasteiger partial charge is 0.326 e. The molecule has 0 bridgehead atoms. The van der Waals surface area contributed by atoms with Gasteiger partial charge < -0.3 is 19.8 Å². The second kappa shape index (κ2) is 9.29. The molecule has 0 spiro atoms. The highest BCUT2D eigenvalue weighted by Crippen LogP contribution is 2.30. The Bertz CT molecular complexity index is 1130. The Balaban J connectivity index is 1.43. The van der Waals surface area contributed by atoms with Gasteiger partial charge in [-0.05, 0) is 55.2 Å². The Morgan fingerprint density at radius 3 is 2.58 bits per heavy atom. The third-order valence-corrected chi connectivity index (χ3v) is 6.07. The SMILES string of the molecule is COc1ccc(CCNC(=O)c2ccc3c(c2)[nH]c(=O)n3C2CCCCC2)cc1OC. The second-order valence-corrected chi connectivity index (χ2v) is 8.02. The summed E-state index contributed by atoms with van der Waals surface area (Å²) in [6.07, 6.45) is 6.29. The number of aromatic amines is 1. The van der Waals surface area contributed by atoms with E-state index in [-0.39, 0.29) is 17.6 Å². The van der Waals surface area contributed by atoms with Gasteiger partial charge in [0, 0.05) is 18.2 Å². The Morgan fingerprint density at radius 2 is 1.84 bits per heavy atom. The van der Waals surface area contributed by atoms with Crippen LogP contribution in [0.5, 0.6) is 11.5 Å². The van der Waals surface area contributed by atoms with E-state index < -0.39 is 0 Å². The van der Waals surface area contributed by atoms with E-state index in [9.17, 15) is 9.59 Å². The van der Waals surface area contributed by atoms with Gasteiger partial charge in [-0.15, -0.1) is 0 Å². The summed E-state index contributed by atoms with van der Waals surface area (Å²) in [5, 5.41) is 2.95. The van der Waals surface area contributed by atoms with E-state index in [2.05, 4.69) is 10.3 Å². The zero-order valence-electron chi connectivity index (χ0n) is 18.1. The third-order valence-electron chi connectivity index (χ3n) is 6.07. The molecule has 0 unspecified atom stereocenters. The average molecular weight is 424 g/mol. The predicted molar refractivity (Wildman–Crippen MR) is 120 cm³/mol. The molecule has 1 aliphatic carbocycles. The monoisotopic (exact) mass is 423 g/mol. The molecule has 1 aromatic heterocycles. The molecule has 4 rings (SSSR count). The van der Waals surface area contributed by atoms with Gasteiger partial charge in [0.15, 0.2) is 11.5 Å². The van der Waals surface area contributed by atoms with Gasteiger partial charge in [0.2, 0.25) is 0 Å². The summed E-state index contributed by atoms with van der Waals surface area (Å²) in [5.74, 6) is 1.19. The Morgan fingerprint density at radius 1 is 1.06 bits per heavy atom. The fourth-order valence-corrected chi connectivity index (χ4v) is 4.43. The number of nitrogens with one attached hydrogen (secondary N) is 2. The molecule has 1 heterocycles. The molecule has 1 fully saturated rings. The number of benzene rings is 2. The molecule has 1 amide bonds. The second-order valence-electron chi connectivity index (χ2n) is 8.02. The molecule has 7 heteroatoms. The Labute approximate surface area is 181 Å². The number of methoxy groups -OCH3 is 2. The van der Waals surface area contributed by atoms with Gasteiger partial charge in [0.1, 0.15) is 0 Å². The van der Waals surface area contributed by atoms with Gasteiger partial charge in [-0.1, -0.05) is 25.3 Å². The summed E-state index contributed by atoms with van der Waals surface area (Å²) in [6, 6.07) is 11.4. The number of aromatic nitrogens is 2. The highest BCUT2D eigenvalue weighted by Gasteiger charge is 2.20. The van der Waals surface area contributed by atoms with Crippen molar-refractivity contribution in [3.63, 3.8) is 0 Å². The molecule has 2 N–H and O–H groups in total. The summed E-state index contributed by atoms with van der Waals surface area (Å²) in [4.78, 5) is 28.1. The van der Waals surface area contributed by atoms with Crippen molar-refractivity contribution in [2.45, 2.75) is 44.6 Å². The van der Waals surface area contributed by atoms with E-state index in [0.717, 1.165) is 36.8 Å². The first kappa shape index (κ1) is 21.0. The summed E-state index contributed by atoms with van der Waals surface area (Å²) >= 11 is 0. The number of fused-ring (bicyclic) bond motifs is 1. The lowest BCUT2D eigenvalue weighted by Gasteiger charge is -2.22. The van der Waals surface area contributed by atoms with E-state index in [4.69, 9.17) is 9.47 Å². The minimum atomic E-state index is -0.159. The number of carbonyl (C=O) groups excluding carboxylic acids is 1. The van der Waals surface area contributed by atoms with E-state index in [1.807, 2.05) is 28.8 Å². The van der Waals surface area contributed by atoms with Crippen molar-refractivity contribution in [2.75, 3.05) is 20.8 Å². The fraction of sp³-hybridized carbons (Fsp3) is 0.417. The maximum absolute atomic E-state index is 12.6. The van der Waals surface area contributed by atoms with E-state index in [1.165, 1.54) is 6.42 Å². The van der Waals surface area contributed by atoms with Crippen LogP contribution < -0.4 is 20.5 Å². The molecule has 31 heavy (non-hydrogen) atoms. The number of carbonyl (C=O) groups is 1. The van der Waals surface area contributed by atoms with Crippen LogP contribution in [0.2, 0.25) is 0 Å². The number of rotatable bonds is 7. The molecular formula is C24H29N3O4.